The van der Waals surface area contributed by atoms with Crippen molar-refractivity contribution in [2.75, 3.05) is 5.32 Å². The number of nitrogens with one attached hydrogen (secondary N) is 1. The monoisotopic (exact) mass is 275 g/mol. The molecule has 0 spiro atoms. The second-order valence-electron chi connectivity index (χ2n) is 4.47. The van der Waals surface area contributed by atoms with E-state index in [1.807, 2.05) is 42.5 Å². The molecule has 102 valence electrons. The Labute approximate surface area is 122 Å². The van der Waals surface area contributed by atoms with Gasteiger partial charge in [-0.1, -0.05) is 24.3 Å². The quantitative estimate of drug-likeness (QED) is 0.797. The highest BCUT2D eigenvalue weighted by Crippen LogP contribution is 2.16. The molecule has 0 radical (unpaired) electrons. The van der Waals surface area contributed by atoms with E-state index >= 15 is 0 Å². The van der Waals surface area contributed by atoms with E-state index in [0.717, 1.165) is 11.3 Å². The lowest BCUT2D eigenvalue weighted by atomic mass is 10.2. The largest absolute Gasteiger partial charge is 0.307 e. The summed E-state index contributed by atoms with van der Waals surface area (Å²) in [6, 6.07) is 18.4. The van der Waals surface area contributed by atoms with E-state index in [1.165, 1.54) is 0 Å². The van der Waals surface area contributed by atoms with Crippen molar-refractivity contribution in [3.05, 3.63) is 78.6 Å². The minimum atomic E-state index is -0.173. The van der Waals surface area contributed by atoms with Gasteiger partial charge in [0.05, 0.1) is 5.69 Å². The minimum Gasteiger partial charge on any atom is -0.307 e. The Morgan fingerprint density at radius 3 is 2.33 bits per heavy atom. The van der Waals surface area contributed by atoms with Gasteiger partial charge in [0.1, 0.15) is 5.82 Å². The van der Waals surface area contributed by atoms with E-state index in [9.17, 15) is 4.79 Å². The molecule has 0 saturated heterocycles. The first-order valence-corrected chi connectivity index (χ1v) is 6.57. The molecule has 0 saturated carbocycles. The van der Waals surface area contributed by atoms with Crippen LogP contribution in [0.2, 0.25) is 0 Å². The molecule has 4 nitrogen and oxygen atoms in total. The number of amides is 1. The highest BCUT2D eigenvalue weighted by molar-refractivity contribution is 6.03. The van der Waals surface area contributed by atoms with Crippen LogP contribution in [-0.2, 0) is 0 Å². The predicted octanol–water partition coefficient (Wildman–Crippen LogP) is 3.40. The van der Waals surface area contributed by atoms with Crippen molar-refractivity contribution >= 4 is 11.7 Å². The molecule has 2 heterocycles. The van der Waals surface area contributed by atoms with Gasteiger partial charge in [-0.15, -0.1) is 0 Å². The molecule has 0 atom stereocenters. The highest BCUT2D eigenvalue weighted by Gasteiger charge is 2.06. The Morgan fingerprint density at radius 1 is 0.857 bits per heavy atom. The first-order valence-electron chi connectivity index (χ1n) is 6.57. The number of hydrogen-bond donors (Lipinski definition) is 1. The molecule has 1 aromatic carbocycles. The zero-order valence-electron chi connectivity index (χ0n) is 11.2. The predicted molar refractivity (Wildman–Crippen MR) is 81.9 cm³/mol. The molecule has 4 heteroatoms. The Morgan fingerprint density at radius 2 is 1.67 bits per heavy atom. The zero-order valence-corrected chi connectivity index (χ0v) is 11.2. The van der Waals surface area contributed by atoms with Crippen LogP contribution in [-0.4, -0.2) is 15.9 Å². The SMILES string of the molecule is O=C(Nc1ccc(-c2ccccn2)cn1)c1ccccc1. The van der Waals surface area contributed by atoms with Crippen molar-refractivity contribution in [2.45, 2.75) is 0 Å². The second-order valence-corrected chi connectivity index (χ2v) is 4.47. The third-order valence-electron chi connectivity index (χ3n) is 3.00. The molecule has 0 fully saturated rings. The number of rotatable bonds is 3. The molecule has 21 heavy (non-hydrogen) atoms. The maximum absolute atomic E-state index is 12.0. The fourth-order valence-electron chi connectivity index (χ4n) is 1.93. The van der Waals surface area contributed by atoms with E-state index in [4.69, 9.17) is 0 Å². The van der Waals surface area contributed by atoms with Gasteiger partial charge in [0.15, 0.2) is 0 Å². The lowest BCUT2D eigenvalue weighted by Gasteiger charge is -2.05. The second kappa shape index (κ2) is 5.96. The molecule has 0 aliphatic carbocycles. The number of anilines is 1. The van der Waals surface area contributed by atoms with Gasteiger partial charge in [-0.05, 0) is 36.4 Å². The van der Waals surface area contributed by atoms with E-state index < -0.39 is 0 Å². The van der Waals surface area contributed by atoms with Crippen molar-refractivity contribution in [1.29, 1.82) is 0 Å². The maximum atomic E-state index is 12.0. The molecule has 3 rings (SSSR count). The van der Waals surface area contributed by atoms with E-state index in [0.29, 0.717) is 11.4 Å². The minimum absolute atomic E-state index is 0.173. The van der Waals surface area contributed by atoms with Crippen LogP contribution in [0.3, 0.4) is 0 Å². The summed E-state index contributed by atoms with van der Waals surface area (Å²) in [5, 5.41) is 2.77. The fourth-order valence-corrected chi connectivity index (χ4v) is 1.93. The topological polar surface area (TPSA) is 54.9 Å². The average molecular weight is 275 g/mol. The molecular weight excluding hydrogens is 262 g/mol. The van der Waals surface area contributed by atoms with Gasteiger partial charge in [0.25, 0.3) is 5.91 Å². The summed E-state index contributed by atoms with van der Waals surface area (Å²) in [7, 11) is 0. The highest BCUT2D eigenvalue weighted by atomic mass is 16.1. The average Bonchev–Trinajstić information content (AvgIpc) is 2.57. The molecular formula is C17H13N3O. The lowest BCUT2D eigenvalue weighted by molar-refractivity contribution is 0.102. The van der Waals surface area contributed by atoms with Crippen LogP contribution in [0, 0.1) is 0 Å². The maximum Gasteiger partial charge on any atom is 0.256 e. The van der Waals surface area contributed by atoms with Crippen LogP contribution in [0.25, 0.3) is 11.3 Å². The summed E-state index contributed by atoms with van der Waals surface area (Å²) in [5.74, 6) is 0.345. The van der Waals surface area contributed by atoms with E-state index in [-0.39, 0.29) is 5.91 Å². The van der Waals surface area contributed by atoms with Gasteiger partial charge in [0.2, 0.25) is 0 Å². The van der Waals surface area contributed by atoms with Gasteiger partial charge in [-0.25, -0.2) is 4.98 Å². The fraction of sp³-hybridized carbons (Fsp3) is 0. The van der Waals surface area contributed by atoms with Crippen molar-refractivity contribution in [3.8, 4) is 11.3 Å². The molecule has 1 amide bonds. The Hall–Kier alpha value is -3.01. The van der Waals surface area contributed by atoms with Gasteiger partial charge < -0.3 is 5.32 Å². The molecule has 0 bridgehead atoms. The third-order valence-corrected chi connectivity index (χ3v) is 3.00. The van der Waals surface area contributed by atoms with Crippen molar-refractivity contribution in [2.24, 2.45) is 0 Å². The lowest BCUT2D eigenvalue weighted by Crippen LogP contribution is -2.12. The summed E-state index contributed by atoms with van der Waals surface area (Å²) >= 11 is 0. The summed E-state index contributed by atoms with van der Waals surface area (Å²) < 4.78 is 0. The molecule has 0 aliphatic rings. The van der Waals surface area contributed by atoms with Crippen LogP contribution in [0.4, 0.5) is 5.82 Å². The first kappa shape index (κ1) is 13.0. The number of carbonyl (C=O) groups excluding carboxylic acids is 1. The molecule has 0 unspecified atom stereocenters. The molecule has 3 aromatic rings. The van der Waals surface area contributed by atoms with Crippen molar-refractivity contribution in [1.82, 2.24) is 9.97 Å². The van der Waals surface area contributed by atoms with E-state index in [2.05, 4.69) is 15.3 Å². The van der Waals surface area contributed by atoms with Gasteiger partial charge in [0, 0.05) is 23.5 Å². The number of hydrogen-bond acceptors (Lipinski definition) is 3. The number of nitrogens with zero attached hydrogens (tertiary/aromatic N) is 2. The van der Waals surface area contributed by atoms with Gasteiger partial charge >= 0.3 is 0 Å². The summed E-state index contributed by atoms with van der Waals surface area (Å²) in [6.07, 6.45) is 3.43. The smallest absolute Gasteiger partial charge is 0.256 e. The zero-order chi connectivity index (χ0) is 14.5. The third kappa shape index (κ3) is 3.12. The van der Waals surface area contributed by atoms with E-state index in [1.54, 1.807) is 30.6 Å². The van der Waals surface area contributed by atoms with Crippen LogP contribution in [0.1, 0.15) is 10.4 Å². The summed E-state index contributed by atoms with van der Waals surface area (Å²) in [6.45, 7) is 0. The number of benzene rings is 1. The molecule has 1 N–H and O–H groups in total. The Balaban J connectivity index is 1.75. The number of carbonyl (C=O) groups is 1. The van der Waals surface area contributed by atoms with Crippen LogP contribution in [0.5, 0.6) is 0 Å². The van der Waals surface area contributed by atoms with Crippen molar-refractivity contribution in [3.63, 3.8) is 0 Å². The van der Waals surface area contributed by atoms with Crippen LogP contribution >= 0.6 is 0 Å². The summed E-state index contributed by atoms with van der Waals surface area (Å²) in [5.41, 5.74) is 2.37. The standard InChI is InChI=1S/C17H13N3O/c21-17(13-6-2-1-3-7-13)20-16-10-9-14(12-19-16)15-8-4-5-11-18-15/h1-12H,(H,19,20,21). The molecule has 0 aliphatic heterocycles. The normalized spacial score (nSPS) is 10.1. The molecule has 2 aromatic heterocycles. The van der Waals surface area contributed by atoms with Crippen LogP contribution < -0.4 is 5.32 Å². The first-order chi connectivity index (χ1) is 10.3. The van der Waals surface area contributed by atoms with Crippen molar-refractivity contribution < 1.29 is 4.79 Å². The Bertz CT molecular complexity index is 725. The summed E-state index contributed by atoms with van der Waals surface area (Å²) in [4.78, 5) is 20.5. The van der Waals surface area contributed by atoms with Crippen LogP contribution in [0.15, 0.2) is 73.1 Å². The Kier molecular flexibility index (Phi) is 3.69. The van der Waals surface area contributed by atoms with Gasteiger partial charge in [-0.2, -0.15) is 0 Å². The number of pyridine rings is 2. The number of aromatic nitrogens is 2. The van der Waals surface area contributed by atoms with Gasteiger partial charge in [-0.3, -0.25) is 9.78 Å².